The van der Waals surface area contributed by atoms with Crippen molar-refractivity contribution >= 4 is 17.2 Å². The molecule has 0 spiro atoms. The molecule has 9 heteroatoms. The van der Waals surface area contributed by atoms with Crippen LogP contribution in [0.15, 0.2) is 30.0 Å². The lowest BCUT2D eigenvalue weighted by molar-refractivity contribution is 0.0794. The molecule has 8 nitrogen and oxygen atoms in total. The Morgan fingerprint density at radius 2 is 2.25 bits per heavy atom. The zero-order chi connectivity index (χ0) is 17.1. The summed E-state index contributed by atoms with van der Waals surface area (Å²) in [6, 6.07) is 4.72. The number of tetrazole rings is 1. The molecule has 0 atom stereocenters. The molecular formula is C15H16N6O2S. The number of nitrogens with zero attached hydrogens (tertiary/aromatic N) is 6. The highest BCUT2D eigenvalue weighted by atomic mass is 32.1. The molecule has 3 aromatic rings. The molecule has 0 fully saturated rings. The lowest BCUT2D eigenvalue weighted by Crippen LogP contribution is -2.28. The normalized spacial score (nSPS) is 10.8. The SMILES string of the molecule is Cc1ncsc1CCN(C)C(=O)c1ccc(-n2cnnn2)cc1O. The summed E-state index contributed by atoms with van der Waals surface area (Å²) in [4.78, 5) is 19.5. The van der Waals surface area contributed by atoms with Gasteiger partial charge in [0.2, 0.25) is 0 Å². The predicted molar refractivity (Wildman–Crippen MR) is 88.3 cm³/mol. The van der Waals surface area contributed by atoms with Gasteiger partial charge in [-0.25, -0.2) is 9.67 Å². The van der Waals surface area contributed by atoms with Crippen LogP contribution in [0, 0.1) is 6.92 Å². The first-order valence-corrected chi connectivity index (χ1v) is 8.15. The van der Waals surface area contributed by atoms with Crippen LogP contribution in [0.25, 0.3) is 5.69 Å². The molecule has 0 radical (unpaired) electrons. The number of phenolic OH excluding ortho intramolecular Hbond substituents is 1. The van der Waals surface area contributed by atoms with Gasteiger partial charge in [0, 0.05) is 31.0 Å². The molecule has 2 heterocycles. The fourth-order valence-electron chi connectivity index (χ4n) is 2.27. The van der Waals surface area contributed by atoms with Gasteiger partial charge in [-0.2, -0.15) is 0 Å². The molecule has 0 bridgehead atoms. The van der Waals surface area contributed by atoms with Crippen molar-refractivity contribution in [3.63, 3.8) is 0 Å². The van der Waals surface area contributed by atoms with E-state index in [1.807, 2.05) is 6.92 Å². The third kappa shape index (κ3) is 3.25. The second kappa shape index (κ2) is 6.75. The Bertz CT molecular complexity index is 846. The molecule has 124 valence electrons. The summed E-state index contributed by atoms with van der Waals surface area (Å²) in [6.07, 6.45) is 2.15. The minimum atomic E-state index is -0.238. The van der Waals surface area contributed by atoms with Gasteiger partial charge in [-0.15, -0.1) is 16.4 Å². The van der Waals surface area contributed by atoms with Gasteiger partial charge < -0.3 is 10.0 Å². The largest absolute Gasteiger partial charge is 0.507 e. The number of aromatic hydroxyl groups is 1. The molecular weight excluding hydrogens is 328 g/mol. The summed E-state index contributed by atoms with van der Waals surface area (Å²) in [7, 11) is 1.72. The lowest BCUT2D eigenvalue weighted by atomic mass is 10.1. The summed E-state index contributed by atoms with van der Waals surface area (Å²) in [5.74, 6) is -0.341. The number of carbonyl (C=O) groups is 1. The number of hydrogen-bond donors (Lipinski definition) is 1. The van der Waals surface area contributed by atoms with Crippen molar-refractivity contribution in [2.24, 2.45) is 0 Å². The second-order valence-electron chi connectivity index (χ2n) is 5.29. The lowest BCUT2D eigenvalue weighted by Gasteiger charge is -2.18. The Morgan fingerprint density at radius 3 is 2.88 bits per heavy atom. The van der Waals surface area contributed by atoms with Crippen molar-refractivity contribution in [2.45, 2.75) is 13.3 Å². The minimum Gasteiger partial charge on any atom is -0.507 e. The molecule has 0 aliphatic carbocycles. The number of carbonyl (C=O) groups excluding carboxylic acids is 1. The van der Waals surface area contributed by atoms with E-state index in [4.69, 9.17) is 0 Å². The van der Waals surface area contributed by atoms with E-state index < -0.39 is 0 Å². The van der Waals surface area contributed by atoms with Crippen LogP contribution < -0.4 is 0 Å². The van der Waals surface area contributed by atoms with Crippen molar-refractivity contribution in [3.8, 4) is 11.4 Å². The van der Waals surface area contributed by atoms with E-state index >= 15 is 0 Å². The van der Waals surface area contributed by atoms with E-state index in [-0.39, 0.29) is 17.2 Å². The van der Waals surface area contributed by atoms with Crippen LogP contribution >= 0.6 is 11.3 Å². The molecule has 0 unspecified atom stereocenters. The van der Waals surface area contributed by atoms with Gasteiger partial charge in [-0.05, 0) is 29.5 Å². The average molecular weight is 344 g/mol. The van der Waals surface area contributed by atoms with Crippen LogP contribution in [0.2, 0.25) is 0 Å². The van der Waals surface area contributed by atoms with Gasteiger partial charge in [0.05, 0.1) is 22.5 Å². The minimum absolute atomic E-state index is 0.103. The van der Waals surface area contributed by atoms with E-state index in [9.17, 15) is 9.90 Å². The standard InChI is InChI=1S/C15H16N6O2S/c1-10-14(24-9-16-10)5-6-20(2)15(23)12-4-3-11(7-13(12)22)21-8-17-18-19-21/h3-4,7-9,22H,5-6H2,1-2H3. The molecule has 0 aliphatic rings. The molecule has 24 heavy (non-hydrogen) atoms. The van der Waals surface area contributed by atoms with Gasteiger partial charge in [0.1, 0.15) is 12.1 Å². The van der Waals surface area contributed by atoms with E-state index in [1.165, 1.54) is 17.1 Å². The molecule has 1 aromatic carbocycles. The number of phenols is 1. The molecule has 3 rings (SSSR count). The Labute approximate surface area is 142 Å². The summed E-state index contributed by atoms with van der Waals surface area (Å²) < 4.78 is 1.41. The fraction of sp³-hybridized carbons (Fsp3) is 0.267. The van der Waals surface area contributed by atoms with Gasteiger partial charge in [0.15, 0.2) is 0 Å². The highest BCUT2D eigenvalue weighted by Gasteiger charge is 2.17. The number of thiazole rings is 1. The predicted octanol–water partition coefficient (Wildman–Crippen LogP) is 1.45. The summed E-state index contributed by atoms with van der Waals surface area (Å²) in [5.41, 5.74) is 3.62. The van der Waals surface area contributed by atoms with E-state index in [0.717, 1.165) is 17.0 Å². The highest BCUT2D eigenvalue weighted by molar-refractivity contribution is 7.09. The Hall–Kier alpha value is -2.81. The van der Waals surface area contributed by atoms with Crippen LogP contribution in [0.5, 0.6) is 5.75 Å². The quantitative estimate of drug-likeness (QED) is 0.752. The highest BCUT2D eigenvalue weighted by Crippen LogP contribution is 2.22. The van der Waals surface area contributed by atoms with Crippen molar-refractivity contribution in [2.75, 3.05) is 13.6 Å². The van der Waals surface area contributed by atoms with Gasteiger partial charge >= 0.3 is 0 Å². The first kappa shape index (κ1) is 16.1. The number of rotatable bonds is 5. The first-order chi connectivity index (χ1) is 11.6. The van der Waals surface area contributed by atoms with Gasteiger partial charge in [-0.3, -0.25) is 4.79 Å². The van der Waals surface area contributed by atoms with E-state index in [2.05, 4.69) is 20.5 Å². The number of aryl methyl sites for hydroxylation is 1. The van der Waals surface area contributed by atoms with Crippen molar-refractivity contribution in [1.82, 2.24) is 30.1 Å². The van der Waals surface area contributed by atoms with Gasteiger partial charge in [0.25, 0.3) is 5.91 Å². The molecule has 0 saturated carbocycles. The van der Waals surface area contributed by atoms with E-state index in [1.54, 1.807) is 40.9 Å². The average Bonchev–Trinajstić information content (AvgIpc) is 3.23. The van der Waals surface area contributed by atoms with Crippen LogP contribution in [0.3, 0.4) is 0 Å². The Morgan fingerprint density at radius 1 is 1.42 bits per heavy atom. The molecule has 1 N–H and O–H groups in total. The molecule has 0 saturated heterocycles. The molecule has 0 aliphatic heterocycles. The Kier molecular flexibility index (Phi) is 4.52. The van der Waals surface area contributed by atoms with Crippen LogP contribution in [-0.2, 0) is 6.42 Å². The Balaban J connectivity index is 1.71. The molecule has 1 amide bonds. The number of hydrogen-bond acceptors (Lipinski definition) is 7. The van der Waals surface area contributed by atoms with Gasteiger partial charge in [-0.1, -0.05) is 0 Å². The fourth-order valence-corrected chi connectivity index (χ4v) is 3.04. The van der Waals surface area contributed by atoms with Crippen molar-refractivity contribution in [3.05, 3.63) is 46.2 Å². The second-order valence-corrected chi connectivity index (χ2v) is 6.23. The third-order valence-electron chi connectivity index (χ3n) is 3.69. The number of benzene rings is 1. The molecule has 2 aromatic heterocycles. The van der Waals surface area contributed by atoms with Crippen LogP contribution in [0.4, 0.5) is 0 Å². The van der Waals surface area contributed by atoms with Crippen molar-refractivity contribution in [1.29, 1.82) is 0 Å². The number of amides is 1. The maximum Gasteiger partial charge on any atom is 0.257 e. The monoisotopic (exact) mass is 344 g/mol. The maximum atomic E-state index is 12.5. The number of likely N-dealkylation sites (N-methyl/N-ethyl adjacent to an activating group) is 1. The topological polar surface area (TPSA) is 97.0 Å². The number of aromatic nitrogens is 5. The van der Waals surface area contributed by atoms with Crippen molar-refractivity contribution < 1.29 is 9.90 Å². The van der Waals surface area contributed by atoms with Crippen LogP contribution in [-0.4, -0.2) is 54.7 Å². The smallest absolute Gasteiger partial charge is 0.257 e. The zero-order valence-corrected chi connectivity index (χ0v) is 14.1. The maximum absolute atomic E-state index is 12.5. The summed E-state index contributed by atoms with van der Waals surface area (Å²) in [5, 5.41) is 21.0. The summed E-state index contributed by atoms with van der Waals surface area (Å²) >= 11 is 1.58. The van der Waals surface area contributed by atoms with E-state index in [0.29, 0.717) is 12.2 Å². The van der Waals surface area contributed by atoms with Crippen LogP contribution in [0.1, 0.15) is 20.9 Å². The third-order valence-corrected chi connectivity index (χ3v) is 4.69. The summed E-state index contributed by atoms with van der Waals surface area (Å²) in [6.45, 7) is 2.51. The zero-order valence-electron chi connectivity index (χ0n) is 13.2. The first-order valence-electron chi connectivity index (χ1n) is 7.27.